The van der Waals surface area contributed by atoms with Gasteiger partial charge in [0.2, 0.25) is 10.0 Å². The Hall–Kier alpha value is -2.19. The van der Waals surface area contributed by atoms with E-state index in [1.165, 1.54) is 0 Å². The lowest BCUT2D eigenvalue weighted by molar-refractivity contribution is 0.561. The van der Waals surface area contributed by atoms with Crippen LogP contribution in [0.5, 0.6) is 0 Å². The molecular formula is C21H31N5O2S. The quantitative estimate of drug-likeness (QED) is 0.464. The molecule has 0 atom stereocenters. The van der Waals surface area contributed by atoms with E-state index < -0.39 is 10.0 Å². The third kappa shape index (κ3) is 5.05. The number of pyridine rings is 1. The smallest absolute Gasteiger partial charge is 0.211 e. The molecule has 0 bridgehead atoms. The second-order valence-electron chi connectivity index (χ2n) is 7.41. The van der Waals surface area contributed by atoms with Gasteiger partial charge in [-0.05, 0) is 31.7 Å². The number of para-hydroxylation sites is 1. The summed E-state index contributed by atoms with van der Waals surface area (Å²) in [6.07, 6.45) is 5.30. The standard InChI is InChI=1S/C21H31N5O2S/c1-3-5-12-18-25-19-20(16-10-6-7-11-17(16)24-21(19)22)26(18)14-9-8-13-23-29(27,28)15-4-2/h6-7,10-11,23H,3-5,8-9,12-15H2,1-2H3,(H2,22,24). The largest absolute Gasteiger partial charge is 0.382 e. The summed E-state index contributed by atoms with van der Waals surface area (Å²) in [6.45, 7) is 5.27. The van der Waals surface area contributed by atoms with E-state index in [1.54, 1.807) is 0 Å². The minimum Gasteiger partial charge on any atom is -0.382 e. The maximum Gasteiger partial charge on any atom is 0.211 e. The molecule has 0 unspecified atom stereocenters. The molecule has 3 aromatic rings. The van der Waals surface area contributed by atoms with Crippen LogP contribution in [0.15, 0.2) is 24.3 Å². The number of nitrogens with two attached hydrogens (primary N) is 1. The molecule has 0 saturated carbocycles. The summed E-state index contributed by atoms with van der Waals surface area (Å²) in [7, 11) is -3.15. The number of nitrogen functional groups attached to an aromatic ring is 1. The van der Waals surface area contributed by atoms with Crippen LogP contribution >= 0.6 is 0 Å². The van der Waals surface area contributed by atoms with E-state index >= 15 is 0 Å². The van der Waals surface area contributed by atoms with Gasteiger partial charge in [-0.15, -0.1) is 0 Å². The number of hydrogen-bond donors (Lipinski definition) is 2. The normalized spacial score (nSPS) is 12.2. The van der Waals surface area contributed by atoms with Crippen LogP contribution in [0.25, 0.3) is 21.9 Å². The number of aryl methyl sites for hydroxylation is 2. The first-order valence-corrected chi connectivity index (χ1v) is 12.1. The molecule has 0 aliphatic heterocycles. The monoisotopic (exact) mass is 417 g/mol. The number of aromatic nitrogens is 3. The van der Waals surface area contributed by atoms with E-state index in [4.69, 9.17) is 10.7 Å². The Morgan fingerprint density at radius 2 is 1.86 bits per heavy atom. The topological polar surface area (TPSA) is 103 Å². The Bertz CT molecular complexity index is 1080. The lowest BCUT2D eigenvalue weighted by atomic mass is 10.2. The fourth-order valence-corrected chi connectivity index (χ4v) is 4.77. The second kappa shape index (κ2) is 9.54. The number of rotatable bonds is 11. The molecule has 0 spiro atoms. The van der Waals surface area contributed by atoms with Gasteiger partial charge in [-0.3, -0.25) is 0 Å². The van der Waals surface area contributed by atoms with Crippen molar-refractivity contribution in [3.05, 3.63) is 30.1 Å². The minimum absolute atomic E-state index is 0.179. The Balaban J connectivity index is 1.84. The highest BCUT2D eigenvalue weighted by atomic mass is 32.2. The fraction of sp³-hybridized carbons (Fsp3) is 0.524. The van der Waals surface area contributed by atoms with Gasteiger partial charge in [0.1, 0.15) is 11.3 Å². The van der Waals surface area contributed by atoms with Gasteiger partial charge in [0, 0.05) is 24.9 Å². The van der Waals surface area contributed by atoms with E-state index in [-0.39, 0.29) is 5.75 Å². The van der Waals surface area contributed by atoms with Crippen LogP contribution < -0.4 is 10.5 Å². The summed E-state index contributed by atoms with van der Waals surface area (Å²) in [6, 6.07) is 7.99. The number of imidazole rings is 1. The summed E-state index contributed by atoms with van der Waals surface area (Å²) in [5, 5.41) is 1.05. The predicted molar refractivity (Wildman–Crippen MR) is 119 cm³/mol. The molecule has 1 aromatic carbocycles. The lowest BCUT2D eigenvalue weighted by Gasteiger charge is -2.11. The molecule has 0 radical (unpaired) electrons. The number of unbranched alkanes of at least 4 members (excludes halogenated alkanes) is 2. The number of anilines is 1. The van der Waals surface area contributed by atoms with Gasteiger partial charge in [0.05, 0.1) is 16.8 Å². The summed E-state index contributed by atoms with van der Waals surface area (Å²) >= 11 is 0. The van der Waals surface area contributed by atoms with E-state index in [9.17, 15) is 8.42 Å². The van der Waals surface area contributed by atoms with Gasteiger partial charge in [-0.2, -0.15) is 0 Å². The zero-order valence-corrected chi connectivity index (χ0v) is 18.1. The molecule has 8 heteroatoms. The molecule has 0 fully saturated rings. The molecule has 0 saturated heterocycles. The van der Waals surface area contributed by atoms with Gasteiger partial charge in [-0.25, -0.2) is 23.1 Å². The summed E-state index contributed by atoms with van der Waals surface area (Å²) in [5.74, 6) is 1.67. The van der Waals surface area contributed by atoms with E-state index in [2.05, 4.69) is 27.3 Å². The SMILES string of the molecule is CCCCc1nc2c(N)nc3ccccc3c2n1CCCCNS(=O)(=O)CCC. The molecule has 0 amide bonds. The van der Waals surface area contributed by atoms with Crippen LogP contribution in [0.1, 0.15) is 51.8 Å². The highest BCUT2D eigenvalue weighted by Gasteiger charge is 2.17. The van der Waals surface area contributed by atoms with Crippen molar-refractivity contribution < 1.29 is 8.42 Å². The zero-order chi connectivity index (χ0) is 20.9. The third-order valence-electron chi connectivity index (χ3n) is 5.05. The Labute approximate surface area is 172 Å². The highest BCUT2D eigenvalue weighted by molar-refractivity contribution is 7.89. The number of sulfonamides is 1. The summed E-state index contributed by atoms with van der Waals surface area (Å²) in [4.78, 5) is 9.34. The van der Waals surface area contributed by atoms with Crippen LogP contribution in [0, 0.1) is 0 Å². The molecule has 2 aromatic heterocycles. The average Bonchev–Trinajstić information content (AvgIpc) is 3.05. The van der Waals surface area contributed by atoms with Gasteiger partial charge in [-0.1, -0.05) is 38.5 Å². The first kappa shape index (κ1) is 21.5. The van der Waals surface area contributed by atoms with Crippen LogP contribution in [-0.2, 0) is 23.0 Å². The maximum atomic E-state index is 11.8. The van der Waals surface area contributed by atoms with E-state index in [0.29, 0.717) is 18.8 Å². The Kier molecular flexibility index (Phi) is 7.08. The Morgan fingerprint density at radius 3 is 2.62 bits per heavy atom. The van der Waals surface area contributed by atoms with Gasteiger partial charge < -0.3 is 10.3 Å². The molecule has 2 heterocycles. The molecular weight excluding hydrogens is 386 g/mol. The predicted octanol–water partition coefficient (Wildman–Crippen LogP) is 3.62. The molecule has 0 aliphatic rings. The van der Waals surface area contributed by atoms with Crippen molar-refractivity contribution in [3.63, 3.8) is 0 Å². The number of fused-ring (bicyclic) bond motifs is 3. The van der Waals surface area contributed by atoms with Crippen molar-refractivity contribution in [2.45, 2.75) is 58.9 Å². The first-order chi connectivity index (χ1) is 14.0. The fourth-order valence-electron chi connectivity index (χ4n) is 3.63. The van der Waals surface area contributed by atoms with Crippen LogP contribution in [0.3, 0.4) is 0 Å². The van der Waals surface area contributed by atoms with Crippen molar-refractivity contribution in [1.29, 1.82) is 0 Å². The number of benzene rings is 1. The van der Waals surface area contributed by atoms with Crippen molar-refractivity contribution in [3.8, 4) is 0 Å². The molecule has 7 nitrogen and oxygen atoms in total. The van der Waals surface area contributed by atoms with Crippen LogP contribution in [0.4, 0.5) is 5.82 Å². The lowest BCUT2D eigenvalue weighted by Crippen LogP contribution is -2.27. The van der Waals surface area contributed by atoms with Crippen molar-refractivity contribution >= 4 is 37.8 Å². The Morgan fingerprint density at radius 1 is 1.07 bits per heavy atom. The van der Waals surface area contributed by atoms with Gasteiger partial charge in [0.25, 0.3) is 0 Å². The molecule has 3 N–H and O–H groups in total. The maximum absolute atomic E-state index is 11.8. The second-order valence-corrected chi connectivity index (χ2v) is 9.34. The van der Waals surface area contributed by atoms with Gasteiger partial charge in [0.15, 0.2) is 5.82 Å². The van der Waals surface area contributed by atoms with E-state index in [1.807, 2.05) is 25.1 Å². The van der Waals surface area contributed by atoms with Gasteiger partial charge >= 0.3 is 0 Å². The molecule has 29 heavy (non-hydrogen) atoms. The number of nitrogens with zero attached hydrogens (tertiary/aromatic N) is 3. The molecule has 158 valence electrons. The van der Waals surface area contributed by atoms with E-state index in [0.717, 1.165) is 66.4 Å². The number of nitrogens with one attached hydrogen (secondary N) is 1. The first-order valence-electron chi connectivity index (χ1n) is 10.5. The minimum atomic E-state index is -3.15. The average molecular weight is 418 g/mol. The number of hydrogen-bond acceptors (Lipinski definition) is 5. The van der Waals surface area contributed by atoms with Crippen LogP contribution in [0.2, 0.25) is 0 Å². The van der Waals surface area contributed by atoms with Crippen molar-refractivity contribution in [2.75, 3.05) is 18.0 Å². The summed E-state index contributed by atoms with van der Waals surface area (Å²) < 4.78 is 28.6. The van der Waals surface area contributed by atoms with Crippen LogP contribution in [-0.4, -0.2) is 35.3 Å². The zero-order valence-electron chi connectivity index (χ0n) is 17.3. The molecule has 0 aliphatic carbocycles. The van der Waals surface area contributed by atoms with Crippen molar-refractivity contribution in [2.24, 2.45) is 0 Å². The van der Waals surface area contributed by atoms with Crippen molar-refractivity contribution in [1.82, 2.24) is 19.3 Å². The third-order valence-corrected chi connectivity index (χ3v) is 6.64. The summed E-state index contributed by atoms with van der Waals surface area (Å²) in [5.41, 5.74) is 8.89. The highest BCUT2D eigenvalue weighted by Crippen LogP contribution is 2.29. The molecule has 3 rings (SSSR count).